The Labute approximate surface area is 146 Å². The Morgan fingerprint density at radius 2 is 2.08 bits per heavy atom. The minimum Gasteiger partial charge on any atom is -0.496 e. The fourth-order valence-electron chi connectivity index (χ4n) is 2.00. The number of nitrogens with zero attached hydrogens (tertiary/aromatic N) is 2. The molecule has 1 aromatic heterocycles. The normalized spacial score (nSPS) is 10.2. The van der Waals surface area contributed by atoms with Gasteiger partial charge in [0.15, 0.2) is 6.61 Å². The Bertz CT molecular complexity index is 833. The molecule has 1 amide bonds. The number of aromatic nitrogens is 1. The summed E-state index contributed by atoms with van der Waals surface area (Å²) in [6.07, 6.45) is 0. The van der Waals surface area contributed by atoms with Crippen molar-refractivity contribution in [2.24, 2.45) is 0 Å². The first-order chi connectivity index (χ1) is 11.8. The number of rotatable bonds is 6. The second-order valence-electron chi connectivity index (χ2n) is 4.91. The van der Waals surface area contributed by atoms with Crippen LogP contribution in [0.25, 0.3) is 0 Å². The molecule has 25 heavy (non-hydrogen) atoms. The smallest absolute Gasteiger partial charge is 0.350 e. The molecule has 2 aromatic rings. The van der Waals surface area contributed by atoms with E-state index in [9.17, 15) is 19.7 Å². The van der Waals surface area contributed by atoms with Crippen LogP contribution in [0.2, 0.25) is 0 Å². The van der Waals surface area contributed by atoms with Crippen LogP contribution >= 0.6 is 11.3 Å². The first kappa shape index (κ1) is 18.3. The number of carbonyl (C=O) groups is 2. The second-order valence-corrected chi connectivity index (χ2v) is 6.12. The molecule has 0 spiro atoms. The lowest BCUT2D eigenvalue weighted by molar-refractivity contribution is -0.384. The van der Waals surface area contributed by atoms with Gasteiger partial charge in [-0.15, -0.1) is 11.3 Å². The number of esters is 1. The van der Waals surface area contributed by atoms with Gasteiger partial charge in [0.05, 0.1) is 28.8 Å². The summed E-state index contributed by atoms with van der Waals surface area (Å²) in [4.78, 5) is 38.7. The molecule has 0 fully saturated rings. The molecule has 1 N–H and O–H groups in total. The summed E-state index contributed by atoms with van der Waals surface area (Å²) >= 11 is 1.17. The van der Waals surface area contributed by atoms with Crippen LogP contribution in [0.3, 0.4) is 0 Å². The molecule has 1 aromatic carbocycles. The summed E-state index contributed by atoms with van der Waals surface area (Å²) in [5.41, 5.74) is 0.184. The van der Waals surface area contributed by atoms with Gasteiger partial charge in [-0.05, 0) is 26.0 Å². The average molecular weight is 365 g/mol. The quantitative estimate of drug-likeness (QED) is 0.474. The summed E-state index contributed by atoms with van der Waals surface area (Å²) in [5.74, 6) is -1.07. The maximum Gasteiger partial charge on any atom is 0.350 e. The molecule has 10 heteroatoms. The number of anilines is 1. The van der Waals surface area contributed by atoms with Gasteiger partial charge in [-0.2, -0.15) is 0 Å². The van der Waals surface area contributed by atoms with E-state index in [0.29, 0.717) is 15.6 Å². The van der Waals surface area contributed by atoms with E-state index in [2.05, 4.69) is 10.3 Å². The van der Waals surface area contributed by atoms with Crippen LogP contribution in [0, 0.1) is 24.0 Å². The van der Waals surface area contributed by atoms with Gasteiger partial charge < -0.3 is 14.8 Å². The Kier molecular flexibility index (Phi) is 5.65. The van der Waals surface area contributed by atoms with Crippen LogP contribution in [0.1, 0.15) is 20.4 Å². The largest absolute Gasteiger partial charge is 0.496 e. The molecule has 0 aliphatic rings. The van der Waals surface area contributed by atoms with Crippen molar-refractivity contribution in [1.82, 2.24) is 4.98 Å². The van der Waals surface area contributed by atoms with Crippen LogP contribution in [0.5, 0.6) is 5.75 Å². The third-order valence-electron chi connectivity index (χ3n) is 3.10. The highest BCUT2D eigenvalue weighted by Crippen LogP contribution is 2.28. The fraction of sp³-hybridized carbons (Fsp3) is 0.267. The first-order valence-electron chi connectivity index (χ1n) is 7.05. The van der Waals surface area contributed by atoms with Gasteiger partial charge in [0.1, 0.15) is 16.3 Å². The number of thiazole rings is 1. The van der Waals surface area contributed by atoms with Gasteiger partial charge >= 0.3 is 5.97 Å². The number of benzene rings is 1. The minimum absolute atomic E-state index is 0.0170. The number of nitro groups is 1. The van der Waals surface area contributed by atoms with Gasteiger partial charge in [0.25, 0.3) is 11.6 Å². The molecule has 1 heterocycles. The molecule has 0 atom stereocenters. The lowest BCUT2D eigenvalue weighted by Crippen LogP contribution is -2.21. The number of aryl methyl sites for hydroxylation is 2. The maximum atomic E-state index is 11.9. The van der Waals surface area contributed by atoms with Crippen LogP contribution in [0.4, 0.5) is 11.4 Å². The molecule has 0 saturated heterocycles. The molecule has 0 saturated carbocycles. The number of hydrogen-bond acceptors (Lipinski definition) is 8. The first-order valence-corrected chi connectivity index (χ1v) is 7.87. The van der Waals surface area contributed by atoms with Crippen molar-refractivity contribution in [1.29, 1.82) is 0 Å². The van der Waals surface area contributed by atoms with Crippen LogP contribution < -0.4 is 10.1 Å². The zero-order valence-corrected chi connectivity index (χ0v) is 14.5. The Balaban J connectivity index is 2.02. The molecular formula is C15H15N3O6S. The molecule has 0 aliphatic carbocycles. The van der Waals surface area contributed by atoms with Crippen molar-refractivity contribution in [2.75, 3.05) is 19.0 Å². The van der Waals surface area contributed by atoms with E-state index < -0.39 is 23.4 Å². The van der Waals surface area contributed by atoms with E-state index >= 15 is 0 Å². The molecule has 132 valence electrons. The predicted molar refractivity (Wildman–Crippen MR) is 90.1 cm³/mol. The monoisotopic (exact) mass is 365 g/mol. The van der Waals surface area contributed by atoms with Gasteiger partial charge in [-0.1, -0.05) is 0 Å². The molecule has 9 nitrogen and oxygen atoms in total. The van der Waals surface area contributed by atoms with E-state index in [-0.39, 0.29) is 17.1 Å². The molecule has 0 bridgehead atoms. The Morgan fingerprint density at radius 3 is 2.64 bits per heavy atom. The van der Waals surface area contributed by atoms with Crippen LogP contribution in [-0.4, -0.2) is 35.5 Å². The number of nitrogens with one attached hydrogen (secondary N) is 1. The summed E-state index contributed by atoms with van der Waals surface area (Å²) < 4.78 is 9.84. The molecule has 0 unspecified atom stereocenters. The van der Waals surface area contributed by atoms with Crippen molar-refractivity contribution in [3.05, 3.63) is 43.9 Å². The van der Waals surface area contributed by atoms with Crippen molar-refractivity contribution in [2.45, 2.75) is 13.8 Å². The summed E-state index contributed by atoms with van der Waals surface area (Å²) in [6.45, 7) is 2.85. The standard InChI is InChI=1S/C15H15N3O6S/c1-8-14(25-9(2)16-8)15(20)24-7-13(19)17-11-5-4-10(23-3)6-12(11)18(21)22/h4-6H,7H2,1-3H3,(H,17,19). The summed E-state index contributed by atoms with van der Waals surface area (Å²) in [6, 6.07) is 4.00. The number of hydrogen-bond donors (Lipinski definition) is 1. The summed E-state index contributed by atoms with van der Waals surface area (Å²) in [5, 5.41) is 14.1. The van der Waals surface area contributed by atoms with Gasteiger partial charge in [0, 0.05) is 0 Å². The van der Waals surface area contributed by atoms with Crippen molar-refractivity contribution in [3.63, 3.8) is 0 Å². The topological polar surface area (TPSA) is 121 Å². The van der Waals surface area contributed by atoms with E-state index in [1.165, 1.54) is 36.6 Å². The third-order valence-corrected chi connectivity index (χ3v) is 4.15. The highest BCUT2D eigenvalue weighted by molar-refractivity contribution is 7.13. The Hall–Kier alpha value is -3.01. The van der Waals surface area contributed by atoms with Crippen molar-refractivity contribution in [3.8, 4) is 5.75 Å². The zero-order valence-electron chi connectivity index (χ0n) is 13.7. The highest BCUT2D eigenvalue weighted by atomic mass is 32.1. The van der Waals surface area contributed by atoms with Crippen molar-refractivity contribution >= 4 is 34.6 Å². The molecule has 0 aliphatic heterocycles. The zero-order chi connectivity index (χ0) is 18.6. The Morgan fingerprint density at radius 1 is 1.36 bits per heavy atom. The number of carbonyl (C=O) groups excluding carboxylic acids is 2. The van der Waals surface area contributed by atoms with E-state index in [4.69, 9.17) is 9.47 Å². The van der Waals surface area contributed by atoms with E-state index in [1.54, 1.807) is 13.8 Å². The lowest BCUT2D eigenvalue weighted by atomic mass is 10.2. The summed E-state index contributed by atoms with van der Waals surface area (Å²) in [7, 11) is 1.37. The van der Waals surface area contributed by atoms with E-state index in [0.717, 1.165) is 0 Å². The second kappa shape index (κ2) is 7.71. The number of methoxy groups -OCH3 is 1. The van der Waals surface area contributed by atoms with Crippen LogP contribution in [-0.2, 0) is 9.53 Å². The van der Waals surface area contributed by atoms with E-state index in [1.807, 2.05) is 0 Å². The van der Waals surface area contributed by atoms with Gasteiger partial charge in [-0.3, -0.25) is 14.9 Å². The predicted octanol–water partition coefficient (Wildman–Crippen LogP) is 2.47. The molecular weight excluding hydrogens is 350 g/mol. The number of amides is 1. The lowest BCUT2D eigenvalue weighted by Gasteiger charge is -2.08. The minimum atomic E-state index is -0.694. The average Bonchev–Trinajstić information content (AvgIpc) is 2.91. The third kappa shape index (κ3) is 4.51. The SMILES string of the molecule is COc1ccc(NC(=O)COC(=O)c2sc(C)nc2C)c([N+](=O)[O-])c1. The molecule has 2 rings (SSSR count). The number of nitro benzene ring substituents is 1. The fourth-order valence-corrected chi connectivity index (χ4v) is 2.81. The highest BCUT2D eigenvalue weighted by Gasteiger charge is 2.20. The van der Waals surface area contributed by atoms with Crippen LogP contribution in [0.15, 0.2) is 18.2 Å². The maximum absolute atomic E-state index is 11.9. The number of ether oxygens (including phenoxy) is 2. The van der Waals surface area contributed by atoms with Gasteiger partial charge in [-0.25, -0.2) is 9.78 Å². The van der Waals surface area contributed by atoms with Crippen molar-refractivity contribution < 1.29 is 24.0 Å². The van der Waals surface area contributed by atoms with Gasteiger partial charge in [0.2, 0.25) is 0 Å². The molecule has 0 radical (unpaired) electrons.